The molecule has 3 aromatic rings. The molecule has 0 aliphatic rings. The third-order valence-electron chi connectivity index (χ3n) is 3.56. The maximum Gasteiger partial charge on any atom is 0.243 e. The number of hydrogen-bond donors (Lipinski definition) is 1. The number of fused-ring (bicyclic) bond motifs is 1. The Balaban J connectivity index is 1.90. The molecule has 0 saturated carbocycles. The van der Waals surface area contributed by atoms with E-state index < -0.39 is 0 Å². The molecular formula is C16H18N4. The number of aromatic nitrogens is 3. The first-order chi connectivity index (χ1) is 9.65. The van der Waals surface area contributed by atoms with Crippen LogP contribution in [0.4, 0.5) is 5.95 Å². The van der Waals surface area contributed by atoms with Gasteiger partial charge in [-0.1, -0.05) is 30.3 Å². The molecule has 2 heterocycles. The van der Waals surface area contributed by atoms with E-state index in [2.05, 4.69) is 53.5 Å². The quantitative estimate of drug-likeness (QED) is 0.788. The van der Waals surface area contributed by atoms with Crippen LogP contribution in [0.1, 0.15) is 29.7 Å². The van der Waals surface area contributed by atoms with Crippen molar-refractivity contribution in [2.75, 3.05) is 5.32 Å². The van der Waals surface area contributed by atoms with Crippen molar-refractivity contribution in [1.29, 1.82) is 0 Å². The molecule has 1 atom stereocenters. The first-order valence-electron chi connectivity index (χ1n) is 6.79. The molecule has 0 fully saturated rings. The van der Waals surface area contributed by atoms with E-state index in [1.165, 1.54) is 11.1 Å². The second-order valence-corrected chi connectivity index (χ2v) is 5.12. The molecule has 0 saturated heterocycles. The zero-order valence-electron chi connectivity index (χ0n) is 12.0. The van der Waals surface area contributed by atoms with Crippen LogP contribution in [0.2, 0.25) is 0 Å². The summed E-state index contributed by atoms with van der Waals surface area (Å²) in [4.78, 5) is 4.55. The molecule has 4 nitrogen and oxygen atoms in total. The summed E-state index contributed by atoms with van der Waals surface area (Å²) in [5.41, 5.74) is 4.55. The van der Waals surface area contributed by atoms with Crippen molar-refractivity contribution < 1.29 is 0 Å². The van der Waals surface area contributed by atoms with Crippen molar-refractivity contribution in [2.45, 2.75) is 26.8 Å². The van der Waals surface area contributed by atoms with Crippen molar-refractivity contribution in [3.8, 4) is 0 Å². The Morgan fingerprint density at radius 3 is 2.55 bits per heavy atom. The Labute approximate surface area is 118 Å². The zero-order chi connectivity index (χ0) is 14.1. The second-order valence-electron chi connectivity index (χ2n) is 5.12. The summed E-state index contributed by atoms with van der Waals surface area (Å²) < 4.78 is 1.81. The molecule has 1 N–H and O–H groups in total. The van der Waals surface area contributed by atoms with Crippen LogP contribution in [0.3, 0.4) is 0 Å². The lowest BCUT2D eigenvalue weighted by Gasteiger charge is -2.14. The lowest BCUT2D eigenvalue weighted by Crippen LogP contribution is -2.09. The Morgan fingerprint density at radius 1 is 1.05 bits per heavy atom. The molecule has 0 radical (unpaired) electrons. The number of anilines is 1. The van der Waals surface area contributed by atoms with Crippen LogP contribution >= 0.6 is 0 Å². The van der Waals surface area contributed by atoms with Crippen LogP contribution < -0.4 is 5.32 Å². The summed E-state index contributed by atoms with van der Waals surface area (Å²) in [5.74, 6) is 0.662. The van der Waals surface area contributed by atoms with Gasteiger partial charge in [-0.2, -0.15) is 4.98 Å². The lowest BCUT2D eigenvalue weighted by molar-refractivity contribution is 0.845. The fourth-order valence-electron chi connectivity index (χ4n) is 2.44. The summed E-state index contributed by atoms with van der Waals surface area (Å²) in [5, 5.41) is 7.84. The third kappa shape index (κ3) is 2.25. The molecule has 2 aromatic heterocycles. The first kappa shape index (κ1) is 12.7. The van der Waals surface area contributed by atoms with E-state index >= 15 is 0 Å². The van der Waals surface area contributed by atoms with Crippen LogP contribution in [-0.2, 0) is 0 Å². The maximum absolute atomic E-state index is 4.55. The van der Waals surface area contributed by atoms with Gasteiger partial charge in [0.2, 0.25) is 5.95 Å². The maximum atomic E-state index is 4.55. The van der Waals surface area contributed by atoms with Gasteiger partial charge in [-0.3, -0.25) is 0 Å². The Morgan fingerprint density at radius 2 is 1.80 bits per heavy atom. The highest BCUT2D eigenvalue weighted by atomic mass is 15.3. The van der Waals surface area contributed by atoms with Crippen LogP contribution in [0.25, 0.3) is 5.65 Å². The van der Waals surface area contributed by atoms with Gasteiger partial charge in [-0.05, 0) is 43.5 Å². The predicted octanol–water partition coefficient (Wildman–Crippen LogP) is 3.52. The van der Waals surface area contributed by atoms with Gasteiger partial charge in [-0.25, -0.2) is 4.52 Å². The molecular weight excluding hydrogens is 248 g/mol. The molecule has 0 bridgehead atoms. The van der Waals surface area contributed by atoms with Gasteiger partial charge in [0.1, 0.15) is 0 Å². The van der Waals surface area contributed by atoms with E-state index in [-0.39, 0.29) is 6.04 Å². The minimum atomic E-state index is 0.175. The van der Waals surface area contributed by atoms with Crippen molar-refractivity contribution >= 4 is 11.6 Å². The van der Waals surface area contributed by atoms with Gasteiger partial charge >= 0.3 is 0 Å². The van der Waals surface area contributed by atoms with Gasteiger partial charge in [0.15, 0.2) is 5.65 Å². The first-order valence-corrected chi connectivity index (χ1v) is 6.79. The third-order valence-corrected chi connectivity index (χ3v) is 3.56. The Bertz CT molecular complexity index is 745. The van der Waals surface area contributed by atoms with Crippen molar-refractivity contribution in [1.82, 2.24) is 14.6 Å². The lowest BCUT2D eigenvalue weighted by atomic mass is 10.0. The summed E-state index contributed by atoms with van der Waals surface area (Å²) in [6.07, 6.45) is 1.92. The van der Waals surface area contributed by atoms with E-state index in [4.69, 9.17) is 0 Å². The summed E-state index contributed by atoms with van der Waals surface area (Å²) in [6, 6.07) is 12.6. The number of rotatable bonds is 3. The number of nitrogens with zero attached hydrogens (tertiary/aromatic N) is 3. The smallest absolute Gasteiger partial charge is 0.243 e. The molecule has 1 unspecified atom stereocenters. The summed E-state index contributed by atoms with van der Waals surface area (Å²) in [7, 11) is 0. The minimum absolute atomic E-state index is 0.175. The monoisotopic (exact) mass is 266 g/mol. The highest BCUT2D eigenvalue weighted by Crippen LogP contribution is 2.21. The number of nitrogens with one attached hydrogen (secondary N) is 1. The Kier molecular flexibility index (Phi) is 3.14. The van der Waals surface area contributed by atoms with Gasteiger partial charge in [0.05, 0.1) is 6.04 Å². The molecule has 0 spiro atoms. The van der Waals surface area contributed by atoms with E-state index in [1.807, 2.05) is 29.8 Å². The molecule has 102 valence electrons. The molecule has 0 aliphatic heterocycles. The number of hydrogen-bond acceptors (Lipinski definition) is 3. The molecule has 3 rings (SSSR count). The predicted molar refractivity (Wildman–Crippen MR) is 80.9 cm³/mol. The van der Waals surface area contributed by atoms with E-state index in [1.54, 1.807) is 0 Å². The van der Waals surface area contributed by atoms with E-state index in [9.17, 15) is 0 Å². The average Bonchev–Trinajstić information content (AvgIpc) is 2.83. The fourth-order valence-corrected chi connectivity index (χ4v) is 2.44. The SMILES string of the molecule is Cc1ccccc1C(C)Nc1nc2c(C)cccn2n1. The molecule has 0 aliphatic carbocycles. The second kappa shape index (κ2) is 4.96. The zero-order valence-corrected chi connectivity index (χ0v) is 12.0. The van der Waals surface area contributed by atoms with E-state index in [0.717, 1.165) is 11.2 Å². The number of benzene rings is 1. The normalized spacial score (nSPS) is 12.6. The van der Waals surface area contributed by atoms with Gasteiger partial charge < -0.3 is 5.32 Å². The fraction of sp³-hybridized carbons (Fsp3) is 0.250. The van der Waals surface area contributed by atoms with Crippen molar-refractivity contribution in [2.24, 2.45) is 0 Å². The van der Waals surface area contributed by atoms with Gasteiger partial charge in [-0.15, -0.1) is 5.10 Å². The summed E-state index contributed by atoms with van der Waals surface area (Å²) >= 11 is 0. The van der Waals surface area contributed by atoms with Crippen molar-refractivity contribution in [3.05, 3.63) is 59.3 Å². The van der Waals surface area contributed by atoms with Crippen LogP contribution in [-0.4, -0.2) is 14.6 Å². The largest absolute Gasteiger partial charge is 0.346 e. The van der Waals surface area contributed by atoms with Crippen LogP contribution in [0.5, 0.6) is 0 Å². The molecule has 20 heavy (non-hydrogen) atoms. The molecule has 0 amide bonds. The van der Waals surface area contributed by atoms with Crippen molar-refractivity contribution in [3.63, 3.8) is 0 Å². The standard InChI is InChI=1S/C16H18N4/c1-11-7-4-5-9-14(11)13(3)17-16-18-15-12(2)8-6-10-20(15)19-16/h4-10,13H,1-3H3,(H,17,19). The van der Waals surface area contributed by atoms with E-state index in [0.29, 0.717) is 5.95 Å². The summed E-state index contributed by atoms with van der Waals surface area (Å²) in [6.45, 7) is 6.29. The van der Waals surface area contributed by atoms with Crippen LogP contribution in [0, 0.1) is 13.8 Å². The topological polar surface area (TPSA) is 42.2 Å². The van der Waals surface area contributed by atoms with Gasteiger partial charge in [0.25, 0.3) is 0 Å². The molecule has 4 heteroatoms. The highest BCUT2D eigenvalue weighted by Gasteiger charge is 2.11. The highest BCUT2D eigenvalue weighted by molar-refractivity contribution is 5.50. The number of aryl methyl sites for hydroxylation is 2. The molecule has 1 aromatic carbocycles. The minimum Gasteiger partial charge on any atom is -0.346 e. The Hall–Kier alpha value is -2.36. The average molecular weight is 266 g/mol. The number of pyridine rings is 1. The van der Waals surface area contributed by atoms with Crippen LogP contribution in [0.15, 0.2) is 42.6 Å². The van der Waals surface area contributed by atoms with Gasteiger partial charge in [0, 0.05) is 6.20 Å².